The molecule has 34 heavy (non-hydrogen) atoms. The second-order valence-electron chi connectivity index (χ2n) is 10.6. The normalized spacial score (nSPS) is 32.8. The van der Waals surface area contributed by atoms with Crippen LogP contribution in [0.3, 0.4) is 0 Å². The number of thiazole rings is 1. The first-order chi connectivity index (χ1) is 15.8. The summed E-state index contributed by atoms with van der Waals surface area (Å²) >= 11 is 1.71. The van der Waals surface area contributed by atoms with Crippen LogP contribution < -0.4 is 0 Å². The van der Waals surface area contributed by atoms with Crippen LogP contribution in [0.25, 0.3) is 20.8 Å². The predicted molar refractivity (Wildman–Crippen MR) is 138 cm³/mol. The Kier molecular flexibility index (Phi) is 9.14. The van der Waals surface area contributed by atoms with E-state index in [1.54, 1.807) is 11.3 Å². The summed E-state index contributed by atoms with van der Waals surface area (Å²) < 4.78 is 1.23. The van der Waals surface area contributed by atoms with Crippen LogP contribution in [-0.4, -0.2) is 27.4 Å². The summed E-state index contributed by atoms with van der Waals surface area (Å²) in [5, 5.41) is 22.6. The fraction of sp³-hybridized carbons (Fsp3) is 0.552. The molecule has 2 aliphatic carbocycles. The van der Waals surface area contributed by atoms with Crippen LogP contribution in [0.4, 0.5) is 0 Å². The maximum atomic E-state index is 10.8. The van der Waals surface area contributed by atoms with Crippen molar-refractivity contribution in [2.24, 2.45) is 22.7 Å². The number of rotatable bonds is 3. The quantitative estimate of drug-likeness (QED) is 0.295. The number of aromatic nitrogens is 1. The molecule has 2 unspecified atom stereocenters. The Hall–Kier alpha value is -1.10. The fourth-order valence-corrected chi connectivity index (χ4v) is 6.71. The predicted octanol–water partition coefficient (Wildman–Crippen LogP) is 7.12. The van der Waals surface area contributed by atoms with Crippen LogP contribution in [0.15, 0.2) is 48.5 Å². The van der Waals surface area contributed by atoms with Gasteiger partial charge in [-0.1, -0.05) is 39.8 Å². The van der Waals surface area contributed by atoms with E-state index in [1.165, 1.54) is 17.5 Å². The molecule has 5 heteroatoms. The zero-order valence-electron chi connectivity index (χ0n) is 20.8. The van der Waals surface area contributed by atoms with Gasteiger partial charge in [-0.25, -0.2) is 0 Å². The van der Waals surface area contributed by atoms with Crippen molar-refractivity contribution in [1.29, 1.82) is 0 Å². The molecule has 0 spiro atoms. The Balaban J connectivity index is 0.000000187. The Morgan fingerprint density at radius 1 is 0.941 bits per heavy atom. The summed E-state index contributed by atoms with van der Waals surface area (Å²) in [7, 11) is 0. The van der Waals surface area contributed by atoms with Crippen LogP contribution >= 0.6 is 11.3 Å². The largest absolute Gasteiger partial charge is 0.392 e. The molecule has 2 aromatic carbocycles. The number of fused-ring (bicyclic) bond motifs is 2. The number of aliphatic hydroxyl groups is 2. The van der Waals surface area contributed by atoms with E-state index in [0.717, 1.165) is 41.8 Å². The third kappa shape index (κ3) is 5.34. The first-order valence-electron chi connectivity index (χ1n) is 12.5. The fourth-order valence-electron chi connectivity index (χ4n) is 5.76. The first kappa shape index (κ1) is 27.5. The van der Waals surface area contributed by atoms with Crippen LogP contribution in [0.5, 0.6) is 0 Å². The SMILES string of the molecule is CC[C@@]1(C)CCC2CC[C@](C)(CC)C(O)C2C1O.[Ir].[c-]1ccccc1-c1nc2ccccc2s1. The Morgan fingerprint density at radius 2 is 1.53 bits per heavy atom. The number of nitrogens with zero attached hydrogens (tertiary/aromatic N) is 1. The van der Waals surface area contributed by atoms with Gasteiger partial charge < -0.3 is 10.2 Å². The molecule has 0 saturated heterocycles. The van der Waals surface area contributed by atoms with Crippen molar-refractivity contribution in [3.63, 3.8) is 0 Å². The Morgan fingerprint density at radius 3 is 2.06 bits per heavy atom. The molecule has 0 bridgehead atoms. The van der Waals surface area contributed by atoms with E-state index in [2.05, 4.69) is 44.8 Å². The van der Waals surface area contributed by atoms with Crippen LogP contribution in [0, 0.1) is 28.7 Å². The van der Waals surface area contributed by atoms with Gasteiger partial charge in [0.2, 0.25) is 0 Å². The maximum Gasteiger partial charge on any atom is 0.0697 e. The van der Waals surface area contributed by atoms with Gasteiger partial charge in [0.25, 0.3) is 0 Å². The molecule has 4 atom stereocenters. The number of benzene rings is 2. The van der Waals surface area contributed by atoms with Crippen molar-refractivity contribution in [2.75, 3.05) is 0 Å². The van der Waals surface area contributed by atoms with Gasteiger partial charge in [0.05, 0.1) is 17.7 Å². The summed E-state index contributed by atoms with van der Waals surface area (Å²) in [5.41, 5.74) is 2.15. The maximum absolute atomic E-state index is 10.8. The van der Waals surface area contributed by atoms with Crippen molar-refractivity contribution in [3.8, 4) is 10.6 Å². The van der Waals surface area contributed by atoms with Crippen molar-refractivity contribution >= 4 is 21.6 Å². The van der Waals surface area contributed by atoms with Gasteiger partial charge in [0, 0.05) is 35.7 Å². The summed E-state index contributed by atoms with van der Waals surface area (Å²) in [6.45, 7) is 8.71. The number of para-hydroxylation sites is 1. The molecule has 0 aliphatic heterocycles. The molecule has 3 aromatic rings. The zero-order chi connectivity index (χ0) is 23.6. The summed E-state index contributed by atoms with van der Waals surface area (Å²) in [6.07, 6.45) is 5.94. The van der Waals surface area contributed by atoms with Gasteiger partial charge in [-0.3, -0.25) is 4.98 Å². The summed E-state index contributed by atoms with van der Waals surface area (Å²) in [4.78, 5) is 4.57. The minimum absolute atomic E-state index is 0. The van der Waals surface area contributed by atoms with E-state index in [4.69, 9.17) is 0 Å². The second-order valence-corrected chi connectivity index (χ2v) is 11.6. The van der Waals surface area contributed by atoms with E-state index < -0.39 is 0 Å². The van der Waals surface area contributed by atoms with Crippen molar-refractivity contribution in [2.45, 2.75) is 78.4 Å². The first-order valence-corrected chi connectivity index (χ1v) is 13.3. The second kappa shape index (κ2) is 11.3. The monoisotopic (exact) mass is 657 g/mol. The number of hydrogen-bond donors (Lipinski definition) is 2. The Bertz CT molecular complexity index is 995. The van der Waals surface area contributed by atoms with E-state index in [-0.39, 0.29) is 49.1 Å². The molecule has 1 radical (unpaired) electrons. The van der Waals surface area contributed by atoms with E-state index in [9.17, 15) is 10.2 Å². The molecule has 2 N–H and O–H groups in total. The molecule has 2 saturated carbocycles. The topological polar surface area (TPSA) is 53.4 Å². The molecule has 2 aliphatic rings. The molecule has 187 valence electrons. The average molecular weight is 657 g/mol. The minimum Gasteiger partial charge on any atom is -0.392 e. The van der Waals surface area contributed by atoms with E-state index in [1.807, 2.05) is 42.5 Å². The number of aliphatic hydroxyl groups excluding tert-OH is 2. The molecule has 1 heterocycles. The van der Waals surface area contributed by atoms with Crippen LogP contribution in [-0.2, 0) is 20.1 Å². The average Bonchev–Trinajstić information content (AvgIpc) is 3.29. The van der Waals surface area contributed by atoms with Crippen molar-refractivity contribution in [1.82, 2.24) is 4.98 Å². The third-order valence-electron chi connectivity index (χ3n) is 8.72. The van der Waals surface area contributed by atoms with Gasteiger partial charge in [-0.15, -0.1) is 35.9 Å². The molecule has 3 nitrogen and oxygen atoms in total. The smallest absolute Gasteiger partial charge is 0.0697 e. The van der Waals surface area contributed by atoms with Gasteiger partial charge in [0.1, 0.15) is 0 Å². The minimum atomic E-state index is -0.331. The van der Waals surface area contributed by atoms with Crippen LogP contribution in [0.1, 0.15) is 66.2 Å². The molecule has 1 aromatic heterocycles. The molecule has 2 fully saturated rings. The van der Waals surface area contributed by atoms with Crippen molar-refractivity contribution in [3.05, 3.63) is 54.6 Å². The van der Waals surface area contributed by atoms with Gasteiger partial charge >= 0.3 is 0 Å². The summed E-state index contributed by atoms with van der Waals surface area (Å²) in [5.74, 6) is 0.636. The standard InChI is InChI=1S/C16H30O2.C13H8NS.Ir/c1-5-15(3)9-7-11-8-10-16(4,6-2)14(18)12(11)13(15)17;1-2-6-10(7-3-1)13-14-11-8-4-5-9-12(11)15-13;/h11-14,17-18H,5-10H2,1-4H3;1-6,8-9H;/q;-1;/t11?,12?,13?,14?,15-,16-;;/m0../s1. The molecular formula is C29H38IrNO2S-. The van der Waals surface area contributed by atoms with Gasteiger partial charge in [0.15, 0.2) is 0 Å². The van der Waals surface area contributed by atoms with Gasteiger partial charge in [-0.2, -0.15) is 11.3 Å². The third-order valence-corrected chi connectivity index (χ3v) is 9.79. The van der Waals surface area contributed by atoms with E-state index >= 15 is 0 Å². The molecular weight excluding hydrogens is 619 g/mol. The number of hydrogen-bond acceptors (Lipinski definition) is 4. The zero-order valence-corrected chi connectivity index (χ0v) is 24.0. The molecule has 0 amide bonds. The van der Waals surface area contributed by atoms with E-state index in [0.29, 0.717) is 5.92 Å². The molecule has 5 rings (SSSR count). The van der Waals surface area contributed by atoms with Crippen molar-refractivity contribution < 1.29 is 30.3 Å². The van der Waals surface area contributed by atoms with Gasteiger partial charge in [-0.05, 0) is 67.4 Å². The van der Waals surface area contributed by atoms with Crippen LogP contribution in [0.2, 0.25) is 0 Å². The Labute approximate surface area is 222 Å². The summed E-state index contributed by atoms with van der Waals surface area (Å²) in [6, 6.07) is 19.3.